The third-order valence-electron chi connectivity index (χ3n) is 4.73. The van der Waals surface area contributed by atoms with Crippen molar-refractivity contribution in [2.45, 2.75) is 57.7 Å². The second-order valence-electron chi connectivity index (χ2n) is 6.75. The number of likely N-dealkylation sites (tertiary alicyclic amines) is 1. The van der Waals surface area contributed by atoms with Gasteiger partial charge < -0.3 is 9.52 Å². The van der Waals surface area contributed by atoms with Crippen LogP contribution in [0, 0.1) is 0 Å². The molecule has 4 heteroatoms. The van der Waals surface area contributed by atoms with Crippen molar-refractivity contribution < 1.29 is 9.52 Å². The van der Waals surface area contributed by atoms with Crippen molar-refractivity contribution in [2.24, 2.45) is 0 Å². The first kappa shape index (κ1) is 16.2. The fourth-order valence-corrected chi connectivity index (χ4v) is 3.50. The number of nitrogens with zero attached hydrogens (tertiary/aromatic N) is 2. The predicted octanol–water partition coefficient (Wildman–Crippen LogP) is 3.89. The molecule has 2 unspecified atom stereocenters. The molecule has 2 heterocycles. The van der Waals surface area contributed by atoms with Crippen LogP contribution in [0.25, 0.3) is 0 Å². The van der Waals surface area contributed by atoms with E-state index in [0.29, 0.717) is 12.0 Å². The SMILES string of the molecule is CC(C)c1ocnc1CN1CCCC1CC(O)c1ccccc1. The number of benzene rings is 1. The first-order valence-electron chi connectivity index (χ1n) is 8.54. The highest BCUT2D eigenvalue weighted by molar-refractivity contribution is 5.17. The summed E-state index contributed by atoms with van der Waals surface area (Å²) in [6.45, 7) is 6.14. The first-order chi connectivity index (χ1) is 11.1. The molecule has 1 N–H and O–H groups in total. The standard InChI is InChI=1S/C19H26N2O2/c1-14(2)19-17(20-13-23-19)12-21-10-6-9-16(21)11-18(22)15-7-4-3-5-8-15/h3-5,7-8,13-14,16,18,22H,6,9-12H2,1-2H3. The summed E-state index contributed by atoms with van der Waals surface area (Å²) >= 11 is 0. The molecule has 0 amide bonds. The average Bonchev–Trinajstić information content (AvgIpc) is 3.18. The monoisotopic (exact) mass is 314 g/mol. The van der Waals surface area contributed by atoms with Crippen molar-refractivity contribution in [3.8, 4) is 0 Å². The summed E-state index contributed by atoms with van der Waals surface area (Å²) in [5, 5.41) is 10.5. The van der Waals surface area contributed by atoms with E-state index in [2.05, 4.69) is 23.7 Å². The molecule has 1 aromatic heterocycles. The van der Waals surface area contributed by atoms with Crippen LogP contribution in [0.4, 0.5) is 0 Å². The maximum atomic E-state index is 10.5. The van der Waals surface area contributed by atoms with Crippen molar-refractivity contribution in [2.75, 3.05) is 6.54 Å². The van der Waals surface area contributed by atoms with Crippen molar-refractivity contribution >= 4 is 0 Å². The molecule has 23 heavy (non-hydrogen) atoms. The smallest absolute Gasteiger partial charge is 0.181 e. The number of aromatic nitrogens is 1. The topological polar surface area (TPSA) is 49.5 Å². The summed E-state index contributed by atoms with van der Waals surface area (Å²) in [7, 11) is 0. The zero-order chi connectivity index (χ0) is 16.2. The Balaban J connectivity index is 1.65. The van der Waals surface area contributed by atoms with Crippen molar-refractivity contribution in [3.05, 3.63) is 53.7 Å². The summed E-state index contributed by atoms with van der Waals surface area (Å²) in [5.74, 6) is 1.34. The molecule has 1 saturated heterocycles. The van der Waals surface area contributed by atoms with Crippen LogP contribution in [-0.2, 0) is 6.54 Å². The van der Waals surface area contributed by atoms with E-state index < -0.39 is 6.10 Å². The molecule has 4 nitrogen and oxygen atoms in total. The Morgan fingerprint density at radius 2 is 2.09 bits per heavy atom. The molecular formula is C19H26N2O2. The number of hydrogen-bond acceptors (Lipinski definition) is 4. The van der Waals surface area contributed by atoms with E-state index in [1.807, 2.05) is 30.3 Å². The number of rotatable bonds is 6. The van der Waals surface area contributed by atoms with Crippen LogP contribution in [-0.4, -0.2) is 27.6 Å². The maximum absolute atomic E-state index is 10.5. The van der Waals surface area contributed by atoms with E-state index >= 15 is 0 Å². The minimum Gasteiger partial charge on any atom is -0.448 e. The molecule has 1 aromatic carbocycles. The largest absolute Gasteiger partial charge is 0.448 e. The molecule has 0 saturated carbocycles. The fraction of sp³-hybridized carbons (Fsp3) is 0.526. The van der Waals surface area contributed by atoms with E-state index in [1.165, 1.54) is 6.42 Å². The Bertz CT molecular complexity index is 609. The Hall–Kier alpha value is -1.65. The Labute approximate surface area is 138 Å². The van der Waals surface area contributed by atoms with Gasteiger partial charge in [0.15, 0.2) is 6.39 Å². The highest BCUT2D eigenvalue weighted by Gasteiger charge is 2.28. The number of oxazole rings is 1. The van der Waals surface area contributed by atoms with Gasteiger partial charge >= 0.3 is 0 Å². The highest BCUT2D eigenvalue weighted by Crippen LogP contribution is 2.29. The second-order valence-corrected chi connectivity index (χ2v) is 6.75. The number of hydrogen-bond donors (Lipinski definition) is 1. The Kier molecular flexibility index (Phi) is 5.13. The lowest BCUT2D eigenvalue weighted by atomic mass is 10.0. The first-order valence-corrected chi connectivity index (χ1v) is 8.54. The quantitative estimate of drug-likeness (QED) is 0.879. The van der Waals surface area contributed by atoms with Crippen molar-refractivity contribution in [1.29, 1.82) is 0 Å². The molecule has 1 fully saturated rings. The zero-order valence-corrected chi connectivity index (χ0v) is 14.0. The molecule has 0 bridgehead atoms. The minimum atomic E-state index is -0.399. The summed E-state index contributed by atoms with van der Waals surface area (Å²) in [6.07, 6.45) is 4.25. The van der Waals surface area contributed by atoms with Gasteiger partial charge in [0.2, 0.25) is 0 Å². The number of aliphatic hydroxyl groups excluding tert-OH is 1. The van der Waals surface area contributed by atoms with Gasteiger partial charge in [0.1, 0.15) is 5.76 Å². The van der Waals surface area contributed by atoms with E-state index in [1.54, 1.807) is 6.39 Å². The molecule has 124 valence electrons. The van der Waals surface area contributed by atoms with Crippen molar-refractivity contribution in [1.82, 2.24) is 9.88 Å². The predicted molar refractivity (Wildman–Crippen MR) is 90.0 cm³/mol. The Morgan fingerprint density at radius 1 is 1.30 bits per heavy atom. The van der Waals surface area contributed by atoms with Gasteiger partial charge in [0, 0.05) is 18.5 Å². The molecule has 0 spiro atoms. The van der Waals surface area contributed by atoms with Crippen LogP contribution in [0.2, 0.25) is 0 Å². The fourth-order valence-electron chi connectivity index (χ4n) is 3.50. The molecule has 3 rings (SSSR count). The van der Waals surface area contributed by atoms with Crippen LogP contribution in [0.5, 0.6) is 0 Å². The maximum Gasteiger partial charge on any atom is 0.181 e. The lowest BCUT2D eigenvalue weighted by Gasteiger charge is -2.26. The van der Waals surface area contributed by atoms with Gasteiger partial charge in [0.25, 0.3) is 0 Å². The van der Waals surface area contributed by atoms with E-state index in [4.69, 9.17) is 4.42 Å². The van der Waals surface area contributed by atoms with Crippen LogP contribution in [0.3, 0.4) is 0 Å². The average molecular weight is 314 g/mol. The Morgan fingerprint density at radius 3 is 2.83 bits per heavy atom. The highest BCUT2D eigenvalue weighted by atomic mass is 16.3. The molecule has 2 atom stereocenters. The lowest BCUT2D eigenvalue weighted by Crippen LogP contribution is -2.31. The summed E-state index contributed by atoms with van der Waals surface area (Å²) in [5.41, 5.74) is 2.05. The van der Waals surface area contributed by atoms with Gasteiger partial charge in [-0.2, -0.15) is 0 Å². The van der Waals surface area contributed by atoms with Gasteiger partial charge in [0.05, 0.1) is 11.8 Å². The summed E-state index contributed by atoms with van der Waals surface area (Å²) in [4.78, 5) is 6.84. The molecule has 0 aliphatic carbocycles. The molecular weight excluding hydrogens is 288 g/mol. The summed E-state index contributed by atoms with van der Waals surface area (Å²) < 4.78 is 5.53. The molecule has 1 aliphatic rings. The normalized spacial score (nSPS) is 20.3. The molecule has 1 aliphatic heterocycles. The number of aliphatic hydroxyl groups is 1. The van der Waals surface area contributed by atoms with Crippen LogP contribution in [0.15, 0.2) is 41.1 Å². The molecule has 2 aromatic rings. The lowest BCUT2D eigenvalue weighted by molar-refractivity contribution is 0.117. The van der Waals surface area contributed by atoms with Crippen LogP contribution in [0.1, 0.15) is 62.1 Å². The van der Waals surface area contributed by atoms with E-state index in [9.17, 15) is 5.11 Å². The van der Waals surface area contributed by atoms with Gasteiger partial charge in [-0.25, -0.2) is 4.98 Å². The zero-order valence-electron chi connectivity index (χ0n) is 14.0. The van der Waals surface area contributed by atoms with Crippen LogP contribution >= 0.6 is 0 Å². The third-order valence-corrected chi connectivity index (χ3v) is 4.73. The third kappa shape index (κ3) is 3.82. The van der Waals surface area contributed by atoms with Crippen molar-refractivity contribution in [3.63, 3.8) is 0 Å². The molecule has 0 radical (unpaired) electrons. The second kappa shape index (κ2) is 7.28. The summed E-state index contributed by atoms with van der Waals surface area (Å²) in [6, 6.07) is 10.3. The van der Waals surface area contributed by atoms with Crippen LogP contribution < -0.4 is 0 Å². The van der Waals surface area contributed by atoms with E-state index in [0.717, 1.165) is 42.9 Å². The van der Waals surface area contributed by atoms with Gasteiger partial charge in [-0.3, -0.25) is 4.90 Å². The minimum absolute atomic E-state index is 0.350. The van der Waals surface area contributed by atoms with Gasteiger partial charge in [-0.1, -0.05) is 44.2 Å². The van der Waals surface area contributed by atoms with Gasteiger partial charge in [-0.05, 0) is 31.4 Å². The van der Waals surface area contributed by atoms with Gasteiger partial charge in [-0.15, -0.1) is 0 Å². The van der Waals surface area contributed by atoms with E-state index in [-0.39, 0.29) is 0 Å².